The van der Waals surface area contributed by atoms with Crippen molar-refractivity contribution in [3.63, 3.8) is 0 Å². The Morgan fingerprint density at radius 1 is 1.12 bits per heavy atom. The number of anilines is 1. The number of hydrogen-bond donors (Lipinski definition) is 1. The molecule has 2 aromatic rings. The molecule has 0 aliphatic rings. The lowest BCUT2D eigenvalue weighted by molar-refractivity contribution is -0.116. The highest BCUT2D eigenvalue weighted by atomic mass is 32.2. The van der Waals surface area contributed by atoms with Crippen LogP contribution in [0.4, 0.5) is 5.69 Å². The number of hydrogen-bond acceptors (Lipinski definition) is 5. The van der Waals surface area contributed by atoms with Crippen molar-refractivity contribution < 1.29 is 22.7 Å². The molecule has 26 heavy (non-hydrogen) atoms. The number of sulfonamides is 1. The summed E-state index contributed by atoms with van der Waals surface area (Å²) >= 11 is 0. The minimum Gasteiger partial charge on any atom is -0.497 e. The van der Waals surface area contributed by atoms with Gasteiger partial charge in [0, 0.05) is 18.8 Å². The van der Waals surface area contributed by atoms with Crippen molar-refractivity contribution in [3.8, 4) is 11.5 Å². The van der Waals surface area contributed by atoms with E-state index in [0.29, 0.717) is 11.4 Å². The molecular formula is C18H22N2O5S. The van der Waals surface area contributed by atoms with Gasteiger partial charge in [-0.1, -0.05) is 18.2 Å². The molecule has 1 amide bonds. The van der Waals surface area contributed by atoms with Gasteiger partial charge in [0.05, 0.1) is 20.8 Å². The average Bonchev–Trinajstić information content (AvgIpc) is 2.62. The van der Waals surface area contributed by atoms with Crippen LogP contribution in [-0.4, -0.2) is 46.4 Å². The molecule has 140 valence electrons. The summed E-state index contributed by atoms with van der Waals surface area (Å²) in [5.74, 6) is 0.117. The summed E-state index contributed by atoms with van der Waals surface area (Å²) < 4.78 is 36.9. The SMILES string of the molecule is COc1ccc(OC)c(S(=O)(=O)N(C)CC(=O)Nc2ccccc2C)c1. The molecule has 8 heteroatoms. The molecular weight excluding hydrogens is 356 g/mol. The van der Waals surface area contributed by atoms with Crippen molar-refractivity contribution in [2.24, 2.45) is 0 Å². The van der Waals surface area contributed by atoms with E-state index in [1.165, 1.54) is 33.4 Å². The fraction of sp³-hybridized carbons (Fsp3) is 0.278. The van der Waals surface area contributed by atoms with Crippen LogP contribution in [0.25, 0.3) is 0 Å². The predicted octanol–water partition coefficient (Wildman–Crippen LogP) is 2.27. The first-order valence-corrected chi connectivity index (χ1v) is 9.27. The van der Waals surface area contributed by atoms with Crippen LogP contribution in [0.15, 0.2) is 47.4 Å². The van der Waals surface area contributed by atoms with Gasteiger partial charge in [-0.3, -0.25) is 4.79 Å². The number of rotatable bonds is 7. The number of nitrogens with one attached hydrogen (secondary N) is 1. The highest BCUT2D eigenvalue weighted by molar-refractivity contribution is 7.89. The Hall–Kier alpha value is -2.58. The van der Waals surface area contributed by atoms with E-state index >= 15 is 0 Å². The zero-order valence-electron chi connectivity index (χ0n) is 15.1. The van der Waals surface area contributed by atoms with E-state index in [9.17, 15) is 13.2 Å². The number of amides is 1. The summed E-state index contributed by atoms with van der Waals surface area (Å²) in [5, 5.41) is 2.71. The van der Waals surface area contributed by atoms with Crippen molar-refractivity contribution >= 4 is 21.6 Å². The average molecular weight is 378 g/mol. The van der Waals surface area contributed by atoms with E-state index < -0.39 is 15.9 Å². The number of nitrogens with zero attached hydrogens (tertiary/aromatic N) is 1. The van der Waals surface area contributed by atoms with E-state index in [1.54, 1.807) is 18.2 Å². The summed E-state index contributed by atoms with van der Waals surface area (Å²) in [7, 11) is 0.217. The maximum atomic E-state index is 12.8. The predicted molar refractivity (Wildman–Crippen MR) is 99.2 cm³/mol. The van der Waals surface area contributed by atoms with Gasteiger partial charge in [-0.2, -0.15) is 4.31 Å². The Morgan fingerprint density at radius 3 is 2.42 bits per heavy atom. The number of methoxy groups -OCH3 is 2. The highest BCUT2D eigenvalue weighted by Crippen LogP contribution is 2.30. The first-order valence-electron chi connectivity index (χ1n) is 7.83. The van der Waals surface area contributed by atoms with Crippen molar-refractivity contribution in [2.75, 3.05) is 33.1 Å². The molecule has 0 aliphatic heterocycles. The fourth-order valence-corrected chi connectivity index (χ4v) is 3.64. The molecule has 0 atom stereocenters. The molecule has 2 rings (SSSR count). The first kappa shape index (κ1) is 19.7. The van der Waals surface area contributed by atoms with Crippen LogP contribution in [0.2, 0.25) is 0 Å². The molecule has 7 nitrogen and oxygen atoms in total. The number of likely N-dealkylation sites (N-methyl/N-ethyl adjacent to an activating group) is 1. The number of benzene rings is 2. The summed E-state index contributed by atoms with van der Waals surface area (Å²) in [6, 6.07) is 11.7. The Kier molecular flexibility index (Phi) is 6.23. The van der Waals surface area contributed by atoms with Crippen LogP contribution < -0.4 is 14.8 Å². The van der Waals surface area contributed by atoms with Gasteiger partial charge in [-0.15, -0.1) is 0 Å². The van der Waals surface area contributed by atoms with Crippen molar-refractivity contribution in [2.45, 2.75) is 11.8 Å². The van der Waals surface area contributed by atoms with Gasteiger partial charge in [0.15, 0.2) is 0 Å². The van der Waals surface area contributed by atoms with Crippen molar-refractivity contribution in [1.82, 2.24) is 4.31 Å². The van der Waals surface area contributed by atoms with Gasteiger partial charge in [0.25, 0.3) is 0 Å². The van der Waals surface area contributed by atoms with Crippen LogP contribution in [0.5, 0.6) is 11.5 Å². The van der Waals surface area contributed by atoms with Crippen LogP contribution in [0, 0.1) is 6.92 Å². The fourth-order valence-electron chi connectivity index (χ4n) is 2.34. The molecule has 0 spiro atoms. The monoisotopic (exact) mass is 378 g/mol. The molecule has 0 unspecified atom stereocenters. The minimum absolute atomic E-state index is 0.0643. The molecule has 1 N–H and O–H groups in total. The standard InChI is InChI=1S/C18H22N2O5S/c1-13-7-5-6-8-15(13)19-18(21)12-20(2)26(22,23)17-11-14(24-3)9-10-16(17)25-4/h5-11H,12H2,1-4H3,(H,19,21). The van der Waals surface area contributed by atoms with Crippen LogP contribution in [-0.2, 0) is 14.8 Å². The third-order valence-electron chi connectivity index (χ3n) is 3.84. The lowest BCUT2D eigenvalue weighted by Crippen LogP contribution is -2.35. The van der Waals surface area contributed by atoms with E-state index in [2.05, 4.69) is 5.32 Å². The zero-order chi connectivity index (χ0) is 19.3. The quantitative estimate of drug-likeness (QED) is 0.799. The van der Waals surface area contributed by atoms with Gasteiger partial charge < -0.3 is 14.8 Å². The first-order chi connectivity index (χ1) is 12.3. The number of aryl methyl sites for hydroxylation is 1. The Labute approximate surface area is 153 Å². The van der Waals surface area contributed by atoms with Crippen molar-refractivity contribution in [1.29, 1.82) is 0 Å². The summed E-state index contributed by atoms with van der Waals surface area (Å²) in [4.78, 5) is 12.2. The summed E-state index contributed by atoms with van der Waals surface area (Å²) in [6.45, 7) is 1.52. The number of ether oxygens (including phenoxy) is 2. The molecule has 2 aromatic carbocycles. The number of carbonyl (C=O) groups excluding carboxylic acids is 1. The molecule has 0 aliphatic carbocycles. The normalized spacial score (nSPS) is 11.3. The third kappa shape index (κ3) is 4.33. The Morgan fingerprint density at radius 2 is 1.81 bits per heavy atom. The van der Waals surface area contributed by atoms with Gasteiger partial charge in [0.1, 0.15) is 16.4 Å². The van der Waals surface area contributed by atoms with Gasteiger partial charge in [-0.25, -0.2) is 8.42 Å². The maximum absolute atomic E-state index is 12.8. The van der Waals surface area contributed by atoms with E-state index in [0.717, 1.165) is 9.87 Å². The summed E-state index contributed by atoms with van der Waals surface area (Å²) in [5.41, 5.74) is 1.53. The van der Waals surface area contributed by atoms with E-state index in [-0.39, 0.29) is 17.2 Å². The lowest BCUT2D eigenvalue weighted by atomic mass is 10.2. The lowest BCUT2D eigenvalue weighted by Gasteiger charge is -2.19. The maximum Gasteiger partial charge on any atom is 0.247 e. The number of para-hydroxylation sites is 1. The molecule has 0 aromatic heterocycles. The third-order valence-corrected chi connectivity index (χ3v) is 5.67. The molecule has 0 bridgehead atoms. The van der Waals surface area contributed by atoms with Gasteiger partial charge >= 0.3 is 0 Å². The second kappa shape index (κ2) is 8.20. The molecule has 0 heterocycles. The largest absolute Gasteiger partial charge is 0.497 e. The highest BCUT2D eigenvalue weighted by Gasteiger charge is 2.27. The molecule has 0 radical (unpaired) electrons. The van der Waals surface area contributed by atoms with Crippen LogP contribution in [0.1, 0.15) is 5.56 Å². The van der Waals surface area contributed by atoms with Gasteiger partial charge in [0.2, 0.25) is 15.9 Å². The Balaban J connectivity index is 2.21. The van der Waals surface area contributed by atoms with E-state index in [1.807, 2.05) is 19.1 Å². The van der Waals surface area contributed by atoms with Crippen molar-refractivity contribution in [3.05, 3.63) is 48.0 Å². The second-order valence-electron chi connectivity index (χ2n) is 5.64. The zero-order valence-corrected chi connectivity index (χ0v) is 16.0. The summed E-state index contributed by atoms with van der Waals surface area (Å²) in [6.07, 6.45) is 0. The van der Waals surface area contributed by atoms with Crippen LogP contribution >= 0.6 is 0 Å². The number of carbonyl (C=O) groups is 1. The topological polar surface area (TPSA) is 84.9 Å². The molecule has 0 saturated heterocycles. The Bertz CT molecular complexity index is 896. The second-order valence-corrected chi connectivity index (χ2v) is 7.65. The minimum atomic E-state index is -3.94. The van der Waals surface area contributed by atoms with Crippen LogP contribution in [0.3, 0.4) is 0 Å². The smallest absolute Gasteiger partial charge is 0.247 e. The van der Waals surface area contributed by atoms with Gasteiger partial charge in [-0.05, 0) is 30.7 Å². The van der Waals surface area contributed by atoms with E-state index in [4.69, 9.17) is 9.47 Å². The molecule has 0 saturated carbocycles. The molecule has 0 fully saturated rings.